The molecule has 98 valence electrons. The lowest BCUT2D eigenvalue weighted by Gasteiger charge is -2.09. The van der Waals surface area contributed by atoms with Crippen LogP contribution >= 0.6 is 0 Å². The largest absolute Gasteiger partial charge is 0.459 e. The van der Waals surface area contributed by atoms with Crippen LogP contribution < -0.4 is 0 Å². The van der Waals surface area contributed by atoms with Crippen LogP contribution in [-0.4, -0.2) is 29.1 Å². The Morgan fingerprint density at radius 2 is 1.33 bits per heavy atom. The zero-order valence-corrected chi connectivity index (χ0v) is 11.0. The number of carbonyl (C=O) groups is 2. The molecule has 5 nitrogen and oxygen atoms in total. The highest BCUT2D eigenvalue weighted by molar-refractivity contribution is 5.94. The molecule has 0 spiro atoms. The van der Waals surface area contributed by atoms with E-state index in [1.807, 2.05) is 0 Å². The van der Waals surface area contributed by atoms with Gasteiger partial charge in [0.05, 0.1) is 23.3 Å². The maximum absolute atomic E-state index is 11.6. The highest BCUT2D eigenvalue weighted by Gasteiger charge is 2.15. The van der Waals surface area contributed by atoms with Crippen LogP contribution in [0.1, 0.15) is 48.4 Å². The van der Waals surface area contributed by atoms with Crippen molar-refractivity contribution in [2.75, 3.05) is 0 Å². The number of hydrogen-bond donors (Lipinski definition) is 0. The molecule has 0 unspecified atom stereocenters. The summed E-state index contributed by atoms with van der Waals surface area (Å²) in [4.78, 5) is 27.1. The first-order chi connectivity index (χ1) is 8.40. The quantitative estimate of drug-likeness (QED) is 0.767. The van der Waals surface area contributed by atoms with Crippen LogP contribution in [0, 0.1) is 0 Å². The molecule has 0 N–H and O–H groups in total. The standard InChI is InChI=1S/C13H17NO4/c1-8(2)17-12(15)10-5-11(7-14-6-10)13(16)18-9(3)4/h5-9H,1-4H3. The first kappa shape index (κ1) is 14.2. The lowest BCUT2D eigenvalue weighted by atomic mass is 10.2. The molecule has 1 aromatic heterocycles. The Hall–Kier alpha value is -1.91. The van der Waals surface area contributed by atoms with Gasteiger partial charge in [0.15, 0.2) is 0 Å². The summed E-state index contributed by atoms with van der Waals surface area (Å²) in [6.45, 7) is 7.01. The molecule has 0 aliphatic carbocycles. The van der Waals surface area contributed by atoms with E-state index in [2.05, 4.69) is 4.98 Å². The Morgan fingerprint density at radius 1 is 0.944 bits per heavy atom. The van der Waals surface area contributed by atoms with Crippen LogP contribution in [0.2, 0.25) is 0 Å². The average Bonchev–Trinajstić information content (AvgIpc) is 2.27. The third-order valence-corrected chi connectivity index (χ3v) is 1.90. The third kappa shape index (κ3) is 4.16. The molecule has 5 heteroatoms. The minimum absolute atomic E-state index is 0.219. The van der Waals surface area contributed by atoms with Gasteiger partial charge in [0.2, 0.25) is 0 Å². The molecule has 0 aliphatic heterocycles. The number of aromatic nitrogens is 1. The van der Waals surface area contributed by atoms with Crippen molar-refractivity contribution in [1.29, 1.82) is 0 Å². The molecule has 0 saturated heterocycles. The topological polar surface area (TPSA) is 65.5 Å². The van der Waals surface area contributed by atoms with E-state index in [0.29, 0.717) is 0 Å². The van der Waals surface area contributed by atoms with Crippen molar-refractivity contribution in [2.45, 2.75) is 39.9 Å². The predicted octanol–water partition coefficient (Wildman–Crippen LogP) is 2.21. The first-order valence-electron chi connectivity index (χ1n) is 5.77. The summed E-state index contributed by atoms with van der Waals surface area (Å²) < 4.78 is 10.0. The molecule has 0 fully saturated rings. The van der Waals surface area contributed by atoms with Crippen LogP contribution in [0.5, 0.6) is 0 Å². The van der Waals surface area contributed by atoms with E-state index < -0.39 is 11.9 Å². The number of hydrogen-bond acceptors (Lipinski definition) is 5. The molecule has 0 aromatic carbocycles. The number of rotatable bonds is 4. The lowest BCUT2D eigenvalue weighted by Crippen LogP contribution is -2.15. The second-order valence-corrected chi connectivity index (χ2v) is 4.37. The van der Waals surface area contributed by atoms with E-state index in [1.54, 1.807) is 27.7 Å². The van der Waals surface area contributed by atoms with E-state index >= 15 is 0 Å². The van der Waals surface area contributed by atoms with Crippen molar-refractivity contribution >= 4 is 11.9 Å². The Labute approximate surface area is 106 Å². The van der Waals surface area contributed by atoms with Crippen molar-refractivity contribution in [1.82, 2.24) is 4.98 Å². The lowest BCUT2D eigenvalue weighted by molar-refractivity contribution is 0.0376. The Kier molecular flexibility index (Phi) is 4.83. The molecule has 0 amide bonds. The molecule has 0 bridgehead atoms. The predicted molar refractivity (Wildman–Crippen MR) is 65.3 cm³/mol. The SMILES string of the molecule is CC(C)OC(=O)c1cncc(C(=O)OC(C)C)c1. The van der Waals surface area contributed by atoms with Gasteiger partial charge < -0.3 is 9.47 Å². The summed E-state index contributed by atoms with van der Waals surface area (Å²) in [6.07, 6.45) is 2.28. The van der Waals surface area contributed by atoms with Crippen molar-refractivity contribution in [2.24, 2.45) is 0 Å². The third-order valence-electron chi connectivity index (χ3n) is 1.90. The van der Waals surface area contributed by atoms with Gasteiger partial charge in [-0.05, 0) is 33.8 Å². The Morgan fingerprint density at radius 3 is 1.67 bits per heavy atom. The summed E-state index contributed by atoms with van der Waals surface area (Å²) in [5.74, 6) is -1.01. The molecule has 0 radical (unpaired) electrons. The van der Waals surface area contributed by atoms with Crippen LogP contribution in [0.3, 0.4) is 0 Å². The van der Waals surface area contributed by atoms with E-state index in [1.165, 1.54) is 18.5 Å². The summed E-state index contributed by atoms with van der Waals surface area (Å²) in [5, 5.41) is 0. The second-order valence-electron chi connectivity index (χ2n) is 4.37. The van der Waals surface area contributed by atoms with E-state index in [-0.39, 0.29) is 23.3 Å². The fourth-order valence-corrected chi connectivity index (χ4v) is 1.23. The van der Waals surface area contributed by atoms with Gasteiger partial charge in [0.25, 0.3) is 0 Å². The Bertz CT molecular complexity index is 403. The minimum Gasteiger partial charge on any atom is -0.459 e. The van der Waals surface area contributed by atoms with E-state index in [4.69, 9.17) is 9.47 Å². The summed E-state index contributed by atoms with van der Waals surface area (Å²) in [7, 11) is 0. The number of ether oxygens (including phenoxy) is 2. The zero-order chi connectivity index (χ0) is 13.7. The number of esters is 2. The number of carbonyl (C=O) groups excluding carboxylic acids is 2. The second kappa shape index (κ2) is 6.14. The van der Waals surface area contributed by atoms with Crippen LogP contribution in [0.15, 0.2) is 18.5 Å². The zero-order valence-electron chi connectivity index (χ0n) is 11.0. The number of nitrogens with zero attached hydrogens (tertiary/aromatic N) is 1. The molecule has 1 heterocycles. The molecule has 1 rings (SSSR count). The maximum atomic E-state index is 11.6. The van der Waals surface area contributed by atoms with Gasteiger partial charge in [-0.25, -0.2) is 9.59 Å². The fraction of sp³-hybridized carbons (Fsp3) is 0.462. The fourth-order valence-electron chi connectivity index (χ4n) is 1.23. The molecule has 0 saturated carbocycles. The Balaban J connectivity index is 2.85. The van der Waals surface area contributed by atoms with Crippen LogP contribution in [-0.2, 0) is 9.47 Å². The highest BCUT2D eigenvalue weighted by Crippen LogP contribution is 2.08. The van der Waals surface area contributed by atoms with Crippen molar-refractivity contribution in [3.05, 3.63) is 29.6 Å². The highest BCUT2D eigenvalue weighted by atomic mass is 16.5. The van der Waals surface area contributed by atoms with Gasteiger partial charge in [-0.1, -0.05) is 0 Å². The molecule has 0 atom stereocenters. The molecular formula is C13H17NO4. The first-order valence-corrected chi connectivity index (χ1v) is 5.77. The number of pyridine rings is 1. The molecule has 0 aliphatic rings. The molecular weight excluding hydrogens is 234 g/mol. The van der Waals surface area contributed by atoms with E-state index in [9.17, 15) is 9.59 Å². The van der Waals surface area contributed by atoms with Gasteiger partial charge in [-0.2, -0.15) is 0 Å². The monoisotopic (exact) mass is 251 g/mol. The van der Waals surface area contributed by atoms with E-state index in [0.717, 1.165) is 0 Å². The minimum atomic E-state index is -0.503. The van der Waals surface area contributed by atoms with Gasteiger partial charge in [0.1, 0.15) is 0 Å². The van der Waals surface area contributed by atoms with Gasteiger partial charge >= 0.3 is 11.9 Å². The average molecular weight is 251 g/mol. The van der Waals surface area contributed by atoms with Crippen LogP contribution in [0.4, 0.5) is 0 Å². The summed E-state index contributed by atoms with van der Waals surface area (Å²) in [6, 6.07) is 1.42. The van der Waals surface area contributed by atoms with Gasteiger partial charge in [-0.15, -0.1) is 0 Å². The van der Waals surface area contributed by atoms with Crippen molar-refractivity contribution in [3.63, 3.8) is 0 Å². The normalized spacial score (nSPS) is 10.6. The molecule has 18 heavy (non-hydrogen) atoms. The summed E-state index contributed by atoms with van der Waals surface area (Å²) >= 11 is 0. The summed E-state index contributed by atoms with van der Waals surface area (Å²) in [5.41, 5.74) is 0.476. The maximum Gasteiger partial charge on any atom is 0.339 e. The van der Waals surface area contributed by atoms with Gasteiger partial charge in [0, 0.05) is 12.4 Å². The van der Waals surface area contributed by atoms with Crippen molar-refractivity contribution < 1.29 is 19.1 Å². The van der Waals surface area contributed by atoms with Crippen molar-refractivity contribution in [3.8, 4) is 0 Å². The molecule has 1 aromatic rings. The smallest absolute Gasteiger partial charge is 0.339 e. The van der Waals surface area contributed by atoms with Gasteiger partial charge in [-0.3, -0.25) is 4.98 Å². The van der Waals surface area contributed by atoms with Crippen LogP contribution in [0.25, 0.3) is 0 Å².